The molecule has 1 amide bonds. The standard InChI is InChI=1S/C20H25NO2/c1-4-21(13-20(2,3)23)19(22)18-12-17(18)16-11-7-9-14-8-5-6-10-15(14)16/h5-11,17-18,23H,4,12-13H2,1-3H3/t17-,18+/m0/s1. The lowest BCUT2D eigenvalue weighted by Crippen LogP contribution is -2.42. The lowest BCUT2D eigenvalue weighted by atomic mass is 10.00. The molecule has 0 radical (unpaired) electrons. The van der Waals surface area contributed by atoms with Gasteiger partial charge in [-0.05, 0) is 49.4 Å². The summed E-state index contributed by atoms with van der Waals surface area (Å²) in [6.45, 7) is 6.50. The summed E-state index contributed by atoms with van der Waals surface area (Å²) < 4.78 is 0. The molecule has 2 aromatic rings. The van der Waals surface area contributed by atoms with E-state index in [-0.39, 0.29) is 11.8 Å². The van der Waals surface area contributed by atoms with Crippen LogP contribution in [0.25, 0.3) is 10.8 Å². The van der Waals surface area contributed by atoms with Gasteiger partial charge >= 0.3 is 0 Å². The van der Waals surface area contributed by atoms with Gasteiger partial charge in [-0.15, -0.1) is 0 Å². The number of amides is 1. The Balaban J connectivity index is 1.79. The predicted octanol–water partition coefficient (Wildman–Crippen LogP) is 3.56. The first-order valence-electron chi connectivity index (χ1n) is 8.39. The zero-order valence-electron chi connectivity index (χ0n) is 14.1. The van der Waals surface area contributed by atoms with E-state index in [1.54, 1.807) is 18.7 Å². The van der Waals surface area contributed by atoms with Crippen molar-refractivity contribution in [3.05, 3.63) is 48.0 Å². The Labute approximate surface area is 137 Å². The zero-order valence-corrected chi connectivity index (χ0v) is 14.1. The first-order chi connectivity index (χ1) is 10.9. The van der Waals surface area contributed by atoms with Gasteiger partial charge in [-0.25, -0.2) is 0 Å². The molecule has 0 aliphatic heterocycles. The van der Waals surface area contributed by atoms with Crippen LogP contribution in [0.15, 0.2) is 42.5 Å². The molecule has 0 unspecified atom stereocenters. The highest BCUT2D eigenvalue weighted by molar-refractivity contribution is 5.89. The predicted molar refractivity (Wildman–Crippen MR) is 93.3 cm³/mol. The van der Waals surface area contributed by atoms with E-state index in [4.69, 9.17) is 0 Å². The summed E-state index contributed by atoms with van der Waals surface area (Å²) in [5, 5.41) is 12.5. The van der Waals surface area contributed by atoms with Gasteiger partial charge in [0.1, 0.15) is 0 Å². The van der Waals surface area contributed by atoms with E-state index in [9.17, 15) is 9.90 Å². The topological polar surface area (TPSA) is 40.5 Å². The molecule has 3 nitrogen and oxygen atoms in total. The van der Waals surface area contributed by atoms with Crippen LogP contribution >= 0.6 is 0 Å². The van der Waals surface area contributed by atoms with Crippen molar-refractivity contribution in [1.82, 2.24) is 4.90 Å². The number of hydrogen-bond acceptors (Lipinski definition) is 2. The van der Waals surface area contributed by atoms with E-state index >= 15 is 0 Å². The number of benzene rings is 2. The van der Waals surface area contributed by atoms with Gasteiger partial charge in [0.2, 0.25) is 5.91 Å². The number of carbonyl (C=O) groups excluding carboxylic acids is 1. The van der Waals surface area contributed by atoms with E-state index in [2.05, 4.69) is 36.4 Å². The van der Waals surface area contributed by atoms with Gasteiger partial charge in [0.25, 0.3) is 0 Å². The molecule has 0 aromatic heterocycles. The van der Waals surface area contributed by atoms with E-state index in [1.807, 2.05) is 13.0 Å². The molecule has 3 rings (SSSR count). The van der Waals surface area contributed by atoms with E-state index in [1.165, 1.54) is 16.3 Å². The van der Waals surface area contributed by atoms with Gasteiger partial charge in [0.05, 0.1) is 5.60 Å². The number of nitrogens with zero attached hydrogens (tertiary/aromatic N) is 1. The summed E-state index contributed by atoms with van der Waals surface area (Å²) >= 11 is 0. The summed E-state index contributed by atoms with van der Waals surface area (Å²) in [6.07, 6.45) is 0.912. The molecule has 2 atom stereocenters. The molecule has 0 bridgehead atoms. The molecule has 2 aromatic carbocycles. The third kappa shape index (κ3) is 3.40. The maximum atomic E-state index is 12.7. The largest absolute Gasteiger partial charge is 0.389 e. The summed E-state index contributed by atoms with van der Waals surface area (Å²) in [5.74, 6) is 0.542. The fourth-order valence-electron chi connectivity index (χ4n) is 3.43. The van der Waals surface area contributed by atoms with E-state index < -0.39 is 5.60 Å². The lowest BCUT2D eigenvalue weighted by molar-refractivity contribution is -0.135. The summed E-state index contributed by atoms with van der Waals surface area (Å²) in [6, 6.07) is 14.7. The van der Waals surface area contributed by atoms with Crippen LogP contribution in [0.2, 0.25) is 0 Å². The van der Waals surface area contributed by atoms with E-state index in [0.29, 0.717) is 19.0 Å². The quantitative estimate of drug-likeness (QED) is 0.917. The monoisotopic (exact) mass is 311 g/mol. The molecule has 3 heteroatoms. The molecular formula is C20H25NO2. The van der Waals surface area contributed by atoms with Gasteiger partial charge in [0.15, 0.2) is 0 Å². The minimum atomic E-state index is -0.852. The molecule has 0 spiro atoms. The maximum absolute atomic E-state index is 12.7. The normalized spacial score (nSPS) is 20.5. The number of likely N-dealkylation sites (N-methyl/N-ethyl adjacent to an activating group) is 1. The van der Waals surface area contributed by atoms with Gasteiger partial charge < -0.3 is 10.0 Å². The number of rotatable bonds is 5. The molecule has 122 valence electrons. The van der Waals surface area contributed by atoms with Crippen LogP contribution in [0.1, 0.15) is 38.7 Å². The van der Waals surface area contributed by atoms with Crippen molar-refractivity contribution in [3.63, 3.8) is 0 Å². The van der Waals surface area contributed by atoms with Crippen LogP contribution in [0.3, 0.4) is 0 Å². The Bertz CT molecular complexity index is 712. The highest BCUT2D eigenvalue weighted by atomic mass is 16.3. The van der Waals surface area contributed by atoms with Crippen molar-refractivity contribution in [2.75, 3.05) is 13.1 Å². The van der Waals surface area contributed by atoms with Crippen LogP contribution in [0.5, 0.6) is 0 Å². The fraction of sp³-hybridized carbons (Fsp3) is 0.450. The highest BCUT2D eigenvalue weighted by Crippen LogP contribution is 2.50. The van der Waals surface area contributed by atoms with Crippen LogP contribution in [0.4, 0.5) is 0 Å². The van der Waals surface area contributed by atoms with Crippen LogP contribution in [-0.4, -0.2) is 34.6 Å². The number of carbonyl (C=O) groups is 1. The van der Waals surface area contributed by atoms with Crippen molar-refractivity contribution in [3.8, 4) is 0 Å². The number of hydrogen-bond donors (Lipinski definition) is 1. The van der Waals surface area contributed by atoms with Gasteiger partial charge in [-0.2, -0.15) is 0 Å². The Morgan fingerprint density at radius 1 is 1.22 bits per heavy atom. The maximum Gasteiger partial charge on any atom is 0.226 e. The molecule has 1 aliphatic carbocycles. The van der Waals surface area contributed by atoms with Crippen molar-refractivity contribution in [2.24, 2.45) is 5.92 Å². The number of aliphatic hydroxyl groups is 1. The fourth-order valence-corrected chi connectivity index (χ4v) is 3.43. The van der Waals surface area contributed by atoms with Crippen molar-refractivity contribution < 1.29 is 9.90 Å². The Hall–Kier alpha value is -1.87. The van der Waals surface area contributed by atoms with Crippen molar-refractivity contribution in [1.29, 1.82) is 0 Å². The summed E-state index contributed by atoms with van der Waals surface area (Å²) in [7, 11) is 0. The Kier molecular flexibility index (Phi) is 4.15. The van der Waals surface area contributed by atoms with Crippen LogP contribution < -0.4 is 0 Å². The average molecular weight is 311 g/mol. The molecule has 0 saturated heterocycles. The second-order valence-corrected chi connectivity index (χ2v) is 7.18. The molecule has 1 aliphatic rings. The molecule has 1 N–H and O–H groups in total. The van der Waals surface area contributed by atoms with Crippen LogP contribution in [-0.2, 0) is 4.79 Å². The Morgan fingerprint density at radius 3 is 2.61 bits per heavy atom. The minimum absolute atomic E-state index is 0.0584. The van der Waals surface area contributed by atoms with Crippen LogP contribution in [0, 0.1) is 5.92 Å². The first-order valence-corrected chi connectivity index (χ1v) is 8.39. The second kappa shape index (κ2) is 5.97. The summed E-state index contributed by atoms with van der Waals surface area (Å²) in [4.78, 5) is 14.5. The number of fused-ring (bicyclic) bond motifs is 1. The van der Waals surface area contributed by atoms with Gasteiger partial charge in [0, 0.05) is 19.0 Å². The third-order valence-corrected chi connectivity index (χ3v) is 4.60. The average Bonchev–Trinajstić information content (AvgIpc) is 3.31. The molecule has 23 heavy (non-hydrogen) atoms. The van der Waals surface area contributed by atoms with Crippen molar-refractivity contribution >= 4 is 16.7 Å². The molecule has 0 heterocycles. The zero-order chi connectivity index (χ0) is 16.6. The minimum Gasteiger partial charge on any atom is -0.389 e. The van der Waals surface area contributed by atoms with E-state index in [0.717, 1.165) is 6.42 Å². The van der Waals surface area contributed by atoms with Gasteiger partial charge in [-0.1, -0.05) is 42.5 Å². The van der Waals surface area contributed by atoms with Gasteiger partial charge in [-0.3, -0.25) is 4.79 Å². The molecule has 1 saturated carbocycles. The second-order valence-electron chi connectivity index (χ2n) is 7.18. The molecular weight excluding hydrogens is 286 g/mol. The van der Waals surface area contributed by atoms with Crippen molar-refractivity contribution in [2.45, 2.75) is 38.7 Å². The first kappa shape index (κ1) is 16.0. The highest BCUT2D eigenvalue weighted by Gasteiger charge is 2.46. The smallest absolute Gasteiger partial charge is 0.226 e. The SMILES string of the molecule is CCN(CC(C)(C)O)C(=O)[C@@H]1C[C@H]1c1cccc2ccccc12. The Morgan fingerprint density at radius 2 is 1.91 bits per heavy atom. The lowest BCUT2D eigenvalue weighted by Gasteiger charge is -2.28. The molecule has 1 fully saturated rings. The third-order valence-electron chi connectivity index (χ3n) is 4.60. The summed E-state index contributed by atoms with van der Waals surface area (Å²) in [5.41, 5.74) is 0.427.